The molecule has 1 aromatic rings. The maximum atomic E-state index is 10.6. The predicted octanol–water partition coefficient (Wildman–Crippen LogP) is 2.89. The molecule has 136 valence electrons. The Morgan fingerprint density at radius 3 is 2.42 bits per heavy atom. The van der Waals surface area contributed by atoms with Crippen LogP contribution in [0.25, 0.3) is 0 Å². The summed E-state index contributed by atoms with van der Waals surface area (Å²) in [5, 5.41) is 10.6. The Hall–Kier alpha value is -0.940. The maximum Gasteiger partial charge on any atom is 0.0916 e. The number of aliphatic hydroxyl groups is 1. The minimum atomic E-state index is -0.409. The largest absolute Gasteiger partial charge is 0.387 e. The molecule has 1 fully saturated rings. The molecule has 2 atom stereocenters. The first-order valence-electron chi connectivity index (χ1n) is 9.33. The van der Waals surface area contributed by atoms with Gasteiger partial charge in [0.1, 0.15) is 0 Å². The smallest absolute Gasteiger partial charge is 0.0916 e. The molecule has 0 spiro atoms. The Bertz CT molecular complexity index is 475. The van der Waals surface area contributed by atoms with Crippen LogP contribution in [0.1, 0.15) is 50.8 Å². The summed E-state index contributed by atoms with van der Waals surface area (Å²) in [4.78, 5) is 4.86. The number of hydrogen-bond donors (Lipinski definition) is 1. The molecule has 1 N–H and O–H groups in total. The van der Waals surface area contributed by atoms with E-state index in [1.165, 1.54) is 5.56 Å². The molecule has 0 bridgehead atoms. The lowest BCUT2D eigenvalue weighted by molar-refractivity contribution is 0.0280. The van der Waals surface area contributed by atoms with E-state index in [1.807, 2.05) is 6.92 Å². The third-order valence-electron chi connectivity index (χ3n) is 5.00. The van der Waals surface area contributed by atoms with Crippen LogP contribution in [0.2, 0.25) is 0 Å². The fraction of sp³-hybridized carbons (Fsp3) is 0.700. The van der Waals surface area contributed by atoms with Crippen molar-refractivity contribution < 1.29 is 9.84 Å². The van der Waals surface area contributed by atoms with Gasteiger partial charge < -0.3 is 9.84 Å². The normalized spacial score (nSPS) is 21.3. The fourth-order valence-corrected chi connectivity index (χ4v) is 3.35. The standard InChI is InChI=1S/C20H34N2O2/c1-5-24-13-12-22-11-10-21(14-17(22)4)15-20(23)19-8-6-18(7-9-19)16(2)3/h6-9,16-17,20,23H,5,10-15H2,1-4H3. The van der Waals surface area contributed by atoms with Crippen molar-refractivity contribution in [3.8, 4) is 0 Å². The molecule has 0 aromatic heterocycles. The third kappa shape index (κ3) is 5.55. The van der Waals surface area contributed by atoms with Crippen LogP contribution < -0.4 is 0 Å². The molecule has 1 aromatic carbocycles. The first-order valence-corrected chi connectivity index (χ1v) is 9.33. The Kier molecular flexibility index (Phi) is 7.69. The molecule has 1 aliphatic rings. The molecule has 2 rings (SSSR count). The summed E-state index contributed by atoms with van der Waals surface area (Å²) in [6, 6.07) is 8.92. The number of piperazine rings is 1. The molecule has 0 radical (unpaired) electrons. The Balaban J connectivity index is 1.81. The van der Waals surface area contributed by atoms with Crippen molar-refractivity contribution in [2.24, 2.45) is 0 Å². The van der Waals surface area contributed by atoms with Crippen LogP contribution in [0.5, 0.6) is 0 Å². The number of ether oxygens (including phenoxy) is 1. The minimum Gasteiger partial charge on any atom is -0.387 e. The van der Waals surface area contributed by atoms with Crippen molar-refractivity contribution >= 4 is 0 Å². The second-order valence-corrected chi connectivity index (χ2v) is 7.18. The number of β-amino-alcohol motifs (C(OH)–C–C–N with tert-alkyl or cyclic N) is 1. The van der Waals surface area contributed by atoms with Gasteiger partial charge in [0.2, 0.25) is 0 Å². The van der Waals surface area contributed by atoms with Crippen molar-refractivity contribution in [1.82, 2.24) is 9.80 Å². The van der Waals surface area contributed by atoms with Crippen LogP contribution in [0.15, 0.2) is 24.3 Å². The first-order chi connectivity index (χ1) is 11.5. The van der Waals surface area contributed by atoms with Gasteiger partial charge in [0, 0.05) is 45.4 Å². The average Bonchev–Trinajstić information content (AvgIpc) is 2.57. The topological polar surface area (TPSA) is 35.9 Å². The summed E-state index contributed by atoms with van der Waals surface area (Å²) >= 11 is 0. The number of rotatable bonds is 8. The molecule has 1 aliphatic heterocycles. The van der Waals surface area contributed by atoms with Crippen LogP contribution in [0, 0.1) is 0 Å². The Morgan fingerprint density at radius 1 is 1.17 bits per heavy atom. The lowest BCUT2D eigenvalue weighted by Gasteiger charge is -2.40. The van der Waals surface area contributed by atoms with E-state index in [0.717, 1.165) is 45.0 Å². The summed E-state index contributed by atoms with van der Waals surface area (Å²) in [7, 11) is 0. The van der Waals surface area contributed by atoms with Crippen molar-refractivity contribution in [2.75, 3.05) is 45.9 Å². The van der Waals surface area contributed by atoms with E-state index >= 15 is 0 Å². The van der Waals surface area contributed by atoms with Gasteiger partial charge in [-0.1, -0.05) is 38.1 Å². The average molecular weight is 335 g/mol. The molecule has 4 heteroatoms. The van der Waals surface area contributed by atoms with Crippen LogP contribution in [-0.2, 0) is 4.74 Å². The predicted molar refractivity (Wildman–Crippen MR) is 99.5 cm³/mol. The van der Waals surface area contributed by atoms with Crippen molar-refractivity contribution in [3.05, 3.63) is 35.4 Å². The second kappa shape index (κ2) is 9.52. The lowest BCUT2D eigenvalue weighted by Crippen LogP contribution is -2.53. The zero-order chi connectivity index (χ0) is 17.5. The SMILES string of the molecule is CCOCCN1CCN(CC(O)c2ccc(C(C)C)cc2)CC1C. The summed E-state index contributed by atoms with van der Waals surface area (Å²) in [5.74, 6) is 0.529. The molecule has 4 nitrogen and oxygen atoms in total. The molecule has 2 unspecified atom stereocenters. The van der Waals surface area contributed by atoms with Crippen molar-refractivity contribution in [2.45, 2.75) is 45.8 Å². The van der Waals surface area contributed by atoms with Crippen LogP contribution in [0.3, 0.4) is 0 Å². The lowest BCUT2D eigenvalue weighted by atomic mass is 9.99. The Labute approximate surface area is 147 Å². The number of hydrogen-bond acceptors (Lipinski definition) is 4. The molecule has 1 saturated heterocycles. The van der Waals surface area contributed by atoms with Gasteiger partial charge in [-0.05, 0) is 30.9 Å². The third-order valence-corrected chi connectivity index (χ3v) is 5.00. The van der Waals surface area contributed by atoms with E-state index in [9.17, 15) is 5.11 Å². The highest BCUT2D eigenvalue weighted by Crippen LogP contribution is 2.20. The summed E-state index contributed by atoms with van der Waals surface area (Å²) in [6.07, 6.45) is -0.409. The number of aliphatic hydroxyl groups excluding tert-OH is 1. The minimum absolute atomic E-state index is 0.409. The van der Waals surface area contributed by atoms with E-state index in [4.69, 9.17) is 4.74 Å². The van der Waals surface area contributed by atoms with E-state index in [1.54, 1.807) is 0 Å². The van der Waals surface area contributed by atoms with E-state index in [-0.39, 0.29) is 0 Å². The van der Waals surface area contributed by atoms with Crippen molar-refractivity contribution in [1.29, 1.82) is 0 Å². The highest BCUT2D eigenvalue weighted by atomic mass is 16.5. The van der Waals surface area contributed by atoms with E-state index in [0.29, 0.717) is 18.5 Å². The van der Waals surface area contributed by atoms with E-state index < -0.39 is 6.10 Å². The molecule has 0 saturated carbocycles. The zero-order valence-electron chi connectivity index (χ0n) is 15.7. The van der Waals surface area contributed by atoms with Gasteiger partial charge in [-0.15, -0.1) is 0 Å². The van der Waals surface area contributed by atoms with Crippen LogP contribution >= 0.6 is 0 Å². The summed E-state index contributed by atoms with van der Waals surface area (Å²) in [5.41, 5.74) is 2.34. The van der Waals surface area contributed by atoms with Crippen LogP contribution in [0.4, 0.5) is 0 Å². The second-order valence-electron chi connectivity index (χ2n) is 7.18. The van der Waals surface area contributed by atoms with Crippen molar-refractivity contribution in [3.63, 3.8) is 0 Å². The quantitative estimate of drug-likeness (QED) is 0.742. The highest BCUT2D eigenvalue weighted by Gasteiger charge is 2.25. The van der Waals surface area contributed by atoms with Gasteiger partial charge in [-0.3, -0.25) is 9.80 Å². The Morgan fingerprint density at radius 2 is 1.83 bits per heavy atom. The molecule has 0 amide bonds. The molecular formula is C20H34N2O2. The van der Waals surface area contributed by atoms with Gasteiger partial charge in [-0.25, -0.2) is 0 Å². The summed E-state index contributed by atoms with van der Waals surface area (Å²) in [6.45, 7) is 15.1. The number of benzene rings is 1. The van der Waals surface area contributed by atoms with Gasteiger partial charge in [0.25, 0.3) is 0 Å². The number of nitrogens with zero attached hydrogens (tertiary/aromatic N) is 2. The van der Waals surface area contributed by atoms with Gasteiger partial charge in [0.15, 0.2) is 0 Å². The molecule has 24 heavy (non-hydrogen) atoms. The molecule has 1 heterocycles. The fourth-order valence-electron chi connectivity index (χ4n) is 3.35. The van der Waals surface area contributed by atoms with Gasteiger partial charge in [-0.2, -0.15) is 0 Å². The van der Waals surface area contributed by atoms with Crippen LogP contribution in [-0.4, -0.2) is 66.9 Å². The van der Waals surface area contributed by atoms with Gasteiger partial charge >= 0.3 is 0 Å². The summed E-state index contributed by atoms with van der Waals surface area (Å²) < 4.78 is 5.46. The maximum absolute atomic E-state index is 10.6. The molecular weight excluding hydrogens is 300 g/mol. The molecule has 0 aliphatic carbocycles. The van der Waals surface area contributed by atoms with E-state index in [2.05, 4.69) is 54.8 Å². The van der Waals surface area contributed by atoms with Gasteiger partial charge in [0.05, 0.1) is 12.7 Å². The first kappa shape index (κ1) is 19.4. The highest BCUT2D eigenvalue weighted by molar-refractivity contribution is 5.26. The monoisotopic (exact) mass is 334 g/mol. The zero-order valence-corrected chi connectivity index (χ0v) is 15.7.